The van der Waals surface area contributed by atoms with Crippen LogP contribution in [0.1, 0.15) is 19.4 Å². The molecule has 0 aliphatic carbocycles. The van der Waals surface area contributed by atoms with Crippen molar-refractivity contribution in [1.29, 1.82) is 0 Å². The number of carbonyl (C=O) groups is 1. The number of benzene rings is 1. The summed E-state index contributed by atoms with van der Waals surface area (Å²) in [4.78, 5) is 13.6. The van der Waals surface area contributed by atoms with Crippen molar-refractivity contribution >= 4 is 24.0 Å². The Balaban J connectivity index is 0.00000289. The van der Waals surface area contributed by atoms with E-state index in [0.29, 0.717) is 13.1 Å². The van der Waals surface area contributed by atoms with Gasteiger partial charge in [-0.2, -0.15) is 0 Å². The first-order valence-corrected chi connectivity index (χ1v) is 5.99. The van der Waals surface area contributed by atoms with Crippen LogP contribution in [-0.4, -0.2) is 30.4 Å². The molecule has 0 bridgehead atoms. The second-order valence-electron chi connectivity index (χ2n) is 4.00. The largest absolute Gasteiger partial charge is 0.399 e. The lowest BCUT2D eigenvalue weighted by atomic mass is 10.2. The molecular weight excluding hydrogens is 250 g/mol. The monoisotopic (exact) mass is 271 g/mol. The standard InChI is InChI=1S/C13H21N3O.ClH/c1-3-15-13(17)10-16(4-2)9-11-6-5-7-12(14)8-11;/h5-8H,3-4,9-10,14H2,1-2H3,(H,15,17);1H. The minimum atomic E-state index is 0. The zero-order valence-corrected chi connectivity index (χ0v) is 11.8. The predicted octanol–water partition coefficient (Wildman–Crippen LogP) is 1.65. The number of likely N-dealkylation sites (N-methyl/N-ethyl adjacent to an activating group) is 2. The van der Waals surface area contributed by atoms with E-state index in [1.54, 1.807) is 0 Å². The molecule has 1 rings (SSSR count). The van der Waals surface area contributed by atoms with Crippen molar-refractivity contribution < 1.29 is 4.79 Å². The van der Waals surface area contributed by atoms with E-state index in [9.17, 15) is 4.79 Å². The summed E-state index contributed by atoms with van der Waals surface area (Å²) in [6, 6.07) is 7.77. The minimum absolute atomic E-state index is 0. The molecule has 1 amide bonds. The molecular formula is C13H22ClN3O. The van der Waals surface area contributed by atoms with Crippen LogP contribution in [0.5, 0.6) is 0 Å². The van der Waals surface area contributed by atoms with Crippen molar-refractivity contribution in [3.05, 3.63) is 29.8 Å². The van der Waals surface area contributed by atoms with Gasteiger partial charge in [0.1, 0.15) is 0 Å². The summed E-state index contributed by atoms with van der Waals surface area (Å²) in [7, 11) is 0. The normalized spacial score (nSPS) is 9.94. The molecule has 4 nitrogen and oxygen atoms in total. The van der Waals surface area contributed by atoms with Crippen molar-refractivity contribution in [2.45, 2.75) is 20.4 Å². The van der Waals surface area contributed by atoms with E-state index in [2.05, 4.69) is 10.2 Å². The van der Waals surface area contributed by atoms with E-state index in [1.807, 2.05) is 38.1 Å². The first-order valence-electron chi connectivity index (χ1n) is 5.99. The third kappa shape index (κ3) is 5.89. The first-order chi connectivity index (χ1) is 8.15. The van der Waals surface area contributed by atoms with Gasteiger partial charge in [-0.3, -0.25) is 9.69 Å². The van der Waals surface area contributed by atoms with Crippen LogP contribution in [0.4, 0.5) is 5.69 Å². The van der Waals surface area contributed by atoms with Crippen molar-refractivity contribution in [2.24, 2.45) is 0 Å². The lowest BCUT2D eigenvalue weighted by molar-refractivity contribution is -0.122. The maximum atomic E-state index is 11.5. The molecule has 5 heteroatoms. The van der Waals surface area contributed by atoms with Crippen LogP contribution in [0.25, 0.3) is 0 Å². The summed E-state index contributed by atoms with van der Waals surface area (Å²) < 4.78 is 0. The maximum Gasteiger partial charge on any atom is 0.234 e. The van der Waals surface area contributed by atoms with Gasteiger partial charge in [-0.05, 0) is 31.2 Å². The molecule has 0 saturated heterocycles. The molecule has 18 heavy (non-hydrogen) atoms. The SMILES string of the molecule is CCNC(=O)CN(CC)Cc1cccc(N)c1.Cl. The highest BCUT2D eigenvalue weighted by atomic mass is 35.5. The number of nitrogens with two attached hydrogens (primary N) is 1. The number of nitrogens with one attached hydrogen (secondary N) is 1. The van der Waals surface area contributed by atoms with Crippen LogP contribution >= 0.6 is 12.4 Å². The smallest absolute Gasteiger partial charge is 0.234 e. The Hall–Kier alpha value is -1.26. The number of hydrogen-bond acceptors (Lipinski definition) is 3. The van der Waals surface area contributed by atoms with E-state index < -0.39 is 0 Å². The fourth-order valence-corrected chi connectivity index (χ4v) is 1.69. The molecule has 3 N–H and O–H groups in total. The molecule has 0 aliphatic rings. The fourth-order valence-electron chi connectivity index (χ4n) is 1.69. The molecule has 0 fully saturated rings. The third-order valence-corrected chi connectivity index (χ3v) is 2.55. The number of amides is 1. The second kappa shape index (κ2) is 8.78. The quantitative estimate of drug-likeness (QED) is 0.774. The van der Waals surface area contributed by atoms with Gasteiger partial charge < -0.3 is 11.1 Å². The molecule has 0 unspecified atom stereocenters. The van der Waals surface area contributed by atoms with Crippen LogP contribution in [0, 0.1) is 0 Å². The Morgan fingerprint density at radius 2 is 2.11 bits per heavy atom. The Kier molecular flexibility index (Phi) is 8.16. The summed E-state index contributed by atoms with van der Waals surface area (Å²) in [6.45, 7) is 6.66. The summed E-state index contributed by atoms with van der Waals surface area (Å²) in [5.74, 6) is 0.0678. The third-order valence-electron chi connectivity index (χ3n) is 2.55. The molecule has 0 spiro atoms. The zero-order valence-electron chi connectivity index (χ0n) is 11.0. The number of nitrogens with zero attached hydrogens (tertiary/aromatic N) is 1. The predicted molar refractivity (Wildman–Crippen MR) is 77.7 cm³/mol. The van der Waals surface area contributed by atoms with E-state index in [4.69, 9.17) is 5.73 Å². The van der Waals surface area contributed by atoms with Crippen LogP contribution in [0.3, 0.4) is 0 Å². The fraction of sp³-hybridized carbons (Fsp3) is 0.462. The number of nitrogen functional groups attached to an aromatic ring is 1. The van der Waals surface area contributed by atoms with Gasteiger partial charge in [0.25, 0.3) is 0 Å². The van der Waals surface area contributed by atoms with E-state index in [0.717, 1.165) is 24.3 Å². The lowest BCUT2D eigenvalue weighted by Gasteiger charge is -2.19. The van der Waals surface area contributed by atoms with E-state index >= 15 is 0 Å². The Bertz CT molecular complexity index is 371. The highest BCUT2D eigenvalue weighted by Crippen LogP contribution is 2.09. The van der Waals surface area contributed by atoms with E-state index in [1.165, 1.54) is 0 Å². The first kappa shape index (κ1) is 16.7. The van der Waals surface area contributed by atoms with Crippen molar-refractivity contribution in [3.8, 4) is 0 Å². The number of halogens is 1. The number of rotatable bonds is 6. The van der Waals surface area contributed by atoms with Gasteiger partial charge in [0.15, 0.2) is 0 Å². The highest BCUT2D eigenvalue weighted by molar-refractivity contribution is 5.85. The van der Waals surface area contributed by atoms with E-state index in [-0.39, 0.29) is 18.3 Å². The van der Waals surface area contributed by atoms with Crippen molar-refractivity contribution in [1.82, 2.24) is 10.2 Å². The molecule has 0 aliphatic heterocycles. The maximum absolute atomic E-state index is 11.5. The highest BCUT2D eigenvalue weighted by Gasteiger charge is 2.08. The van der Waals surface area contributed by atoms with Gasteiger partial charge in [-0.1, -0.05) is 19.1 Å². The molecule has 102 valence electrons. The van der Waals surface area contributed by atoms with Gasteiger partial charge in [-0.15, -0.1) is 12.4 Å². The zero-order chi connectivity index (χ0) is 12.7. The second-order valence-corrected chi connectivity index (χ2v) is 4.00. The van der Waals surface area contributed by atoms with Gasteiger partial charge in [0.05, 0.1) is 6.54 Å². The average molecular weight is 272 g/mol. The number of hydrogen-bond donors (Lipinski definition) is 2. The van der Waals surface area contributed by atoms with Crippen molar-refractivity contribution in [3.63, 3.8) is 0 Å². The average Bonchev–Trinajstić information content (AvgIpc) is 2.28. The van der Waals surface area contributed by atoms with Crippen LogP contribution in [0.15, 0.2) is 24.3 Å². The lowest BCUT2D eigenvalue weighted by Crippen LogP contribution is -2.36. The van der Waals surface area contributed by atoms with Crippen LogP contribution < -0.4 is 11.1 Å². The molecule has 0 heterocycles. The van der Waals surface area contributed by atoms with Gasteiger partial charge in [0, 0.05) is 18.8 Å². The molecule has 0 aromatic heterocycles. The van der Waals surface area contributed by atoms with Crippen LogP contribution in [0.2, 0.25) is 0 Å². The number of carbonyl (C=O) groups excluding carboxylic acids is 1. The molecule has 0 atom stereocenters. The summed E-state index contributed by atoms with van der Waals surface area (Å²) >= 11 is 0. The van der Waals surface area contributed by atoms with Gasteiger partial charge in [0.2, 0.25) is 5.91 Å². The summed E-state index contributed by atoms with van der Waals surface area (Å²) in [5, 5.41) is 2.80. The Morgan fingerprint density at radius 3 is 2.67 bits per heavy atom. The van der Waals surface area contributed by atoms with Crippen LogP contribution in [-0.2, 0) is 11.3 Å². The van der Waals surface area contributed by atoms with Crippen molar-refractivity contribution in [2.75, 3.05) is 25.4 Å². The Labute approximate surface area is 115 Å². The molecule has 0 radical (unpaired) electrons. The molecule has 0 saturated carbocycles. The molecule has 1 aromatic carbocycles. The topological polar surface area (TPSA) is 58.4 Å². The minimum Gasteiger partial charge on any atom is -0.399 e. The number of anilines is 1. The van der Waals surface area contributed by atoms with Gasteiger partial charge >= 0.3 is 0 Å². The summed E-state index contributed by atoms with van der Waals surface area (Å²) in [6.07, 6.45) is 0. The van der Waals surface area contributed by atoms with Gasteiger partial charge in [-0.25, -0.2) is 0 Å². The summed E-state index contributed by atoms with van der Waals surface area (Å²) in [5.41, 5.74) is 7.62. The Morgan fingerprint density at radius 1 is 1.39 bits per heavy atom. The molecule has 1 aromatic rings.